The Balaban J connectivity index is 1.70. The third-order valence-corrected chi connectivity index (χ3v) is 4.49. The number of rotatable bonds is 9. The molecular formula is C18H22F3N5O2. The smallest absolute Gasteiger partial charge is 0.416 e. The van der Waals surface area contributed by atoms with Gasteiger partial charge in [-0.2, -0.15) is 17.9 Å². The van der Waals surface area contributed by atoms with E-state index in [1.54, 1.807) is 6.92 Å². The van der Waals surface area contributed by atoms with Crippen molar-refractivity contribution in [3.63, 3.8) is 0 Å². The number of benzene rings is 1. The van der Waals surface area contributed by atoms with Gasteiger partial charge in [0.05, 0.1) is 30.8 Å². The van der Waals surface area contributed by atoms with Crippen LogP contribution in [0.1, 0.15) is 37.6 Å². The molecular weight excluding hydrogens is 375 g/mol. The largest absolute Gasteiger partial charge is 0.466 e. The van der Waals surface area contributed by atoms with Gasteiger partial charge in [0.15, 0.2) is 5.82 Å². The first-order valence-corrected chi connectivity index (χ1v) is 9.19. The van der Waals surface area contributed by atoms with Crippen LogP contribution in [0.25, 0.3) is 5.69 Å². The van der Waals surface area contributed by atoms with Crippen LogP contribution in [-0.4, -0.2) is 50.8 Å². The predicted molar refractivity (Wildman–Crippen MR) is 93.4 cm³/mol. The molecule has 0 radical (unpaired) electrons. The van der Waals surface area contributed by atoms with Crippen molar-refractivity contribution in [3.05, 3.63) is 35.7 Å². The molecule has 0 spiro atoms. The van der Waals surface area contributed by atoms with E-state index in [0.29, 0.717) is 37.1 Å². The lowest BCUT2D eigenvalue weighted by molar-refractivity contribution is -0.143. The Hall–Kier alpha value is -2.49. The summed E-state index contributed by atoms with van der Waals surface area (Å²) in [7, 11) is 0. The van der Waals surface area contributed by atoms with Gasteiger partial charge in [0, 0.05) is 13.1 Å². The van der Waals surface area contributed by atoms with Gasteiger partial charge in [-0.05, 0) is 60.4 Å². The minimum absolute atomic E-state index is 0.259. The zero-order valence-corrected chi connectivity index (χ0v) is 15.5. The van der Waals surface area contributed by atoms with Crippen LogP contribution in [0.15, 0.2) is 24.3 Å². The molecule has 0 unspecified atom stereocenters. The van der Waals surface area contributed by atoms with Crippen LogP contribution in [0, 0.1) is 5.92 Å². The third kappa shape index (κ3) is 5.51. The molecule has 152 valence electrons. The molecule has 1 heterocycles. The molecule has 10 heteroatoms. The van der Waals surface area contributed by atoms with E-state index in [4.69, 9.17) is 4.74 Å². The van der Waals surface area contributed by atoms with Gasteiger partial charge in [-0.1, -0.05) is 0 Å². The topological polar surface area (TPSA) is 73.1 Å². The minimum atomic E-state index is -4.39. The molecule has 1 fully saturated rings. The average Bonchev–Trinajstić information content (AvgIpc) is 3.34. The zero-order valence-electron chi connectivity index (χ0n) is 15.5. The van der Waals surface area contributed by atoms with Gasteiger partial charge < -0.3 is 4.74 Å². The van der Waals surface area contributed by atoms with E-state index in [0.717, 1.165) is 31.5 Å². The summed E-state index contributed by atoms with van der Waals surface area (Å²) in [4.78, 5) is 13.8. The van der Waals surface area contributed by atoms with Crippen LogP contribution in [0.4, 0.5) is 13.2 Å². The second-order valence-corrected chi connectivity index (χ2v) is 6.79. The van der Waals surface area contributed by atoms with Crippen LogP contribution in [0.2, 0.25) is 0 Å². The van der Waals surface area contributed by atoms with Crippen molar-refractivity contribution < 1.29 is 22.7 Å². The Labute approximate surface area is 160 Å². The highest BCUT2D eigenvalue weighted by Gasteiger charge is 2.30. The van der Waals surface area contributed by atoms with E-state index in [-0.39, 0.29) is 12.4 Å². The highest BCUT2D eigenvalue weighted by atomic mass is 19.4. The number of nitrogens with zero attached hydrogens (tertiary/aromatic N) is 5. The van der Waals surface area contributed by atoms with Crippen molar-refractivity contribution >= 4 is 5.97 Å². The van der Waals surface area contributed by atoms with Crippen molar-refractivity contribution in [1.29, 1.82) is 0 Å². The number of halogens is 3. The molecule has 0 aliphatic heterocycles. The van der Waals surface area contributed by atoms with E-state index < -0.39 is 11.7 Å². The van der Waals surface area contributed by atoms with Crippen molar-refractivity contribution in [2.24, 2.45) is 5.92 Å². The van der Waals surface area contributed by atoms with E-state index in [1.807, 2.05) is 0 Å². The van der Waals surface area contributed by atoms with Crippen LogP contribution >= 0.6 is 0 Å². The summed E-state index contributed by atoms with van der Waals surface area (Å²) in [5.74, 6) is 0.840. The molecule has 2 aromatic rings. The summed E-state index contributed by atoms with van der Waals surface area (Å²) in [6.07, 6.45) is -1.82. The van der Waals surface area contributed by atoms with E-state index >= 15 is 0 Å². The number of hydrogen-bond donors (Lipinski definition) is 0. The molecule has 1 aliphatic rings. The summed E-state index contributed by atoms with van der Waals surface area (Å²) in [5.41, 5.74) is -0.277. The maximum absolute atomic E-state index is 12.8. The van der Waals surface area contributed by atoms with E-state index in [2.05, 4.69) is 20.4 Å². The number of alkyl halides is 3. The fraction of sp³-hybridized carbons (Fsp3) is 0.556. The fourth-order valence-electron chi connectivity index (χ4n) is 2.88. The molecule has 0 N–H and O–H groups in total. The Kier molecular flexibility index (Phi) is 6.28. The molecule has 1 saturated carbocycles. The number of ether oxygens (including phenoxy) is 1. The summed E-state index contributed by atoms with van der Waals surface area (Å²) < 4.78 is 44.7. The molecule has 3 rings (SSSR count). The van der Waals surface area contributed by atoms with Gasteiger partial charge in [-0.15, -0.1) is 5.10 Å². The predicted octanol–water partition coefficient (Wildman–Crippen LogP) is 2.85. The summed E-state index contributed by atoms with van der Waals surface area (Å²) in [6, 6.07) is 4.69. The van der Waals surface area contributed by atoms with Crippen molar-refractivity contribution in [2.75, 3.05) is 19.7 Å². The third-order valence-electron chi connectivity index (χ3n) is 4.49. The van der Waals surface area contributed by atoms with Crippen molar-refractivity contribution in [3.8, 4) is 5.69 Å². The quantitative estimate of drug-likeness (QED) is 0.606. The lowest BCUT2D eigenvalue weighted by Crippen LogP contribution is -2.30. The van der Waals surface area contributed by atoms with Crippen LogP contribution in [0.3, 0.4) is 0 Å². The molecule has 0 atom stereocenters. The molecule has 1 aliphatic carbocycles. The molecule has 7 nitrogen and oxygen atoms in total. The molecule has 28 heavy (non-hydrogen) atoms. The maximum Gasteiger partial charge on any atom is 0.416 e. The number of aromatic nitrogens is 4. The fourth-order valence-corrected chi connectivity index (χ4v) is 2.88. The molecule has 0 saturated heterocycles. The van der Waals surface area contributed by atoms with Gasteiger partial charge in [-0.3, -0.25) is 9.69 Å². The number of esters is 1. The molecule has 0 bridgehead atoms. The number of carbonyl (C=O) groups is 1. The maximum atomic E-state index is 12.8. The van der Waals surface area contributed by atoms with Crippen molar-refractivity contribution in [2.45, 2.75) is 38.9 Å². The highest BCUT2D eigenvalue weighted by Crippen LogP contribution is 2.31. The first kappa shape index (κ1) is 20.2. The van der Waals surface area contributed by atoms with Gasteiger partial charge in [0.2, 0.25) is 0 Å². The highest BCUT2D eigenvalue weighted by molar-refractivity contribution is 5.69. The molecule has 1 aromatic carbocycles. The van der Waals surface area contributed by atoms with Crippen LogP contribution in [0.5, 0.6) is 0 Å². The van der Waals surface area contributed by atoms with Crippen molar-refractivity contribution in [1.82, 2.24) is 25.1 Å². The summed E-state index contributed by atoms with van der Waals surface area (Å²) in [5, 5.41) is 11.6. The van der Waals surface area contributed by atoms with Gasteiger partial charge in [0.25, 0.3) is 0 Å². The number of tetrazole rings is 1. The van der Waals surface area contributed by atoms with E-state index in [9.17, 15) is 18.0 Å². The molecule has 1 aromatic heterocycles. The first-order valence-electron chi connectivity index (χ1n) is 9.19. The normalized spacial score (nSPS) is 14.5. The Morgan fingerprint density at radius 2 is 2.00 bits per heavy atom. The Morgan fingerprint density at radius 3 is 2.61 bits per heavy atom. The second kappa shape index (κ2) is 8.68. The summed E-state index contributed by atoms with van der Waals surface area (Å²) in [6.45, 7) is 3.82. The lowest BCUT2D eigenvalue weighted by atomic mass is 10.2. The van der Waals surface area contributed by atoms with Gasteiger partial charge >= 0.3 is 12.1 Å². The van der Waals surface area contributed by atoms with Crippen LogP contribution in [-0.2, 0) is 22.3 Å². The first-order chi connectivity index (χ1) is 13.4. The SMILES string of the molecule is CCOC(=O)CCN(Cc1nnnn1-c1ccc(C(F)(F)F)cc1)CC1CC1. The molecule has 0 amide bonds. The number of hydrogen-bond acceptors (Lipinski definition) is 6. The van der Waals surface area contributed by atoms with Gasteiger partial charge in [0.1, 0.15) is 0 Å². The standard InChI is InChI=1S/C18H22F3N5O2/c1-2-28-17(27)9-10-25(11-13-3-4-13)12-16-22-23-24-26(16)15-7-5-14(6-8-15)18(19,20)21/h5-8,13H,2-4,9-12H2,1H3. The second-order valence-electron chi connectivity index (χ2n) is 6.79. The Morgan fingerprint density at radius 1 is 1.29 bits per heavy atom. The van der Waals surface area contributed by atoms with Crippen LogP contribution < -0.4 is 0 Å². The Bertz CT molecular complexity index is 787. The lowest BCUT2D eigenvalue weighted by Gasteiger charge is -2.21. The minimum Gasteiger partial charge on any atom is -0.466 e. The van der Waals surface area contributed by atoms with Gasteiger partial charge in [-0.25, -0.2) is 0 Å². The monoisotopic (exact) mass is 397 g/mol. The number of carbonyl (C=O) groups excluding carboxylic acids is 1. The van der Waals surface area contributed by atoms with E-state index in [1.165, 1.54) is 16.8 Å². The zero-order chi connectivity index (χ0) is 20.1. The summed E-state index contributed by atoms with van der Waals surface area (Å²) >= 11 is 0. The average molecular weight is 397 g/mol.